The molecule has 2 aromatic carbocycles. The molecule has 0 saturated heterocycles. The molecule has 1 amide bonds. The number of amides is 1. The molecule has 0 unspecified atom stereocenters. The zero-order valence-corrected chi connectivity index (χ0v) is 16.4. The molecule has 0 spiro atoms. The van der Waals surface area contributed by atoms with Gasteiger partial charge in [0.2, 0.25) is 17.6 Å². The Hall–Kier alpha value is -3.81. The Morgan fingerprint density at radius 1 is 1.20 bits per heavy atom. The molecule has 0 radical (unpaired) electrons. The lowest BCUT2D eigenvalue weighted by atomic mass is 10.1. The van der Waals surface area contributed by atoms with E-state index in [-0.39, 0.29) is 18.1 Å². The second-order valence-electron chi connectivity index (χ2n) is 6.88. The first kappa shape index (κ1) is 19.5. The Morgan fingerprint density at radius 2 is 2.03 bits per heavy atom. The fraction of sp³-hybridized carbons (Fsp3) is 0.182. The van der Waals surface area contributed by atoms with Crippen LogP contribution >= 0.6 is 0 Å². The van der Waals surface area contributed by atoms with Crippen molar-refractivity contribution in [2.24, 2.45) is 0 Å². The van der Waals surface area contributed by atoms with Gasteiger partial charge in [0.15, 0.2) is 0 Å². The molecule has 4 rings (SSSR count). The molecular formula is C22H20FN5O2. The number of aromatic nitrogens is 4. The average Bonchev–Trinajstić information content (AvgIpc) is 3.43. The number of benzene rings is 2. The number of hydrogen-bond acceptors (Lipinski definition) is 5. The molecule has 0 aliphatic carbocycles. The van der Waals surface area contributed by atoms with E-state index in [4.69, 9.17) is 4.52 Å². The standard InChI is InChI=1S/C22H20FN5O2/c1-15-7-8-17(11-19(15)23)22-26-21(30-27-22)10-9-20(29)24-12-16-13-25-28(14-16)18-5-3-2-4-6-18/h2-8,11,13-14H,9-10,12H2,1H3,(H,24,29). The van der Waals surface area contributed by atoms with Crippen molar-refractivity contribution in [3.05, 3.63) is 83.8 Å². The van der Waals surface area contributed by atoms with E-state index < -0.39 is 0 Å². The van der Waals surface area contributed by atoms with Crippen molar-refractivity contribution in [3.63, 3.8) is 0 Å². The quantitative estimate of drug-likeness (QED) is 0.508. The largest absolute Gasteiger partial charge is 0.352 e. The van der Waals surface area contributed by atoms with Crippen LogP contribution < -0.4 is 5.32 Å². The Balaban J connectivity index is 1.28. The Kier molecular flexibility index (Phi) is 5.65. The molecule has 0 fully saturated rings. The van der Waals surface area contributed by atoms with Crippen LogP contribution in [0.25, 0.3) is 17.1 Å². The molecule has 0 saturated carbocycles. The van der Waals surface area contributed by atoms with Crippen molar-refractivity contribution in [1.82, 2.24) is 25.2 Å². The third kappa shape index (κ3) is 4.60. The summed E-state index contributed by atoms with van der Waals surface area (Å²) in [4.78, 5) is 16.4. The number of hydrogen-bond donors (Lipinski definition) is 1. The zero-order chi connectivity index (χ0) is 20.9. The van der Waals surface area contributed by atoms with Crippen LogP contribution in [0.5, 0.6) is 0 Å². The molecular weight excluding hydrogens is 385 g/mol. The molecule has 0 bridgehead atoms. The molecule has 4 aromatic rings. The average molecular weight is 405 g/mol. The number of aryl methyl sites for hydroxylation is 2. The van der Waals surface area contributed by atoms with Gasteiger partial charge in [-0.1, -0.05) is 35.5 Å². The Bertz CT molecular complexity index is 1150. The predicted molar refractivity (Wildman–Crippen MR) is 108 cm³/mol. The lowest BCUT2D eigenvalue weighted by molar-refractivity contribution is -0.121. The maximum absolute atomic E-state index is 13.7. The molecule has 2 aromatic heterocycles. The minimum Gasteiger partial charge on any atom is -0.352 e. The van der Waals surface area contributed by atoms with Gasteiger partial charge in [0.1, 0.15) is 5.82 Å². The first-order chi connectivity index (χ1) is 14.6. The fourth-order valence-electron chi connectivity index (χ4n) is 2.89. The van der Waals surface area contributed by atoms with Gasteiger partial charge in [0.25, 0.3) is 0 Å². The summed E-state index contributed by atoms with van der Waals surface area (Å²) in [5.41, 5.74) is 2.94. The summed E-state index contributed by atoms with van der Waals surface area (Å²) >= 11 is 0. The third-order valence-corrected chi connectivity index (χ3v) is 4.61. The summed E-state index contributed by atoms with van der Waals surface area (Å²) in [5.74, 6) is 0.174. The van der Waals surface area contributed by atoms with Crippen LogP contribution in [0.3, 0.4) is 0 Å². The highest BCUT2D eigenvalue weighted by Gasteiger charge is 2.12. The van der Waals surface area contributed by atoms with Crippen molar-refractivity contribution in [1.29, 1.82) is 0 Å². The van der Waals surface area contributed by atoms with Crippen molar-refractivity contribution < 1.29 is 13.7 Å². The summed E-state index contributed by atoms with van der Waals surface area (Å²) in [6, 6.07) is 14.5. The molecule has 1 N–H and O–H groups in total. The summed E-state index contributed by atoms with van der Waals surface area (Å²) < 4.78 is 20.6. The van der Waals surface area contributed by atoms with E-state index in [9.17, 15) is 9.18 Å². The molecule has 0 aliphatic rings. The van der Waals surface area contributed by atoms with E-state index in [1.54, 1.807) is 29.9 Å². The van der Waals surface area contributed by atoms with Gasteiger partial charge in [-0.05, 0) is 30.7 Å². The Labute approximate surface area is 172 Å². The van der Waals surface area contributed by atoms with Gasteiger partial charge in [-0.3, -0.25) is 4.79 Å². The third-order valence-electron chi connectivity index (χ3n) is 4.61. The van der Waals surface area contributed by atoms with E-state index in [1.165, 1.54) is 6.07 Å². The predicted octanol–water partition coefficient (Wildman–Crippen LogP) is 3.62. The molecule has 7 nitrogen and oxygen atoms in total. The van der Waals surface area contributed by atoms with Gasteiger partial charge in [-0.2, -0.15) is 10.1 Å². The normalized spacial score (nSPS) is 10.9. The number of carbonyl (C=O) groups is 1. The zero-order valence-electron chi connectivity index (χ0n) is 16.4. The van der Waals surface area contributed by atoms with Gasteiger partial charge < -0.3 is 9.84 Å². The van der Waals surface area contributed by atoms with E-state index >= 15 is 0 Å². The summed E-state index contributed by atoms with van der Waals surface area (Å²) in [5, 5.41) is 11.0. The topological polar surface area (TPSA) is 85.8 Å². The number of para-hydroxylation sites is 1. The van der Waals surface area contributed by atoms with Crippen LogP contribution in [0.2, 0.25) is 0 Å². The minimum absolute atomic E-state index is 0.136. The van der Waals surface area contributed by atoms with Crippen molar-refractivity contribution >= 4 is 5.91 Å². The molecule has 0 aliphatic heterocycles. The van der Waals surface area contributed by atoms with E-state index in [2.05, 4.69) is 20.6 Å². The molecule has 8 heteroatoms. The molecule has 30 heavy (non-hydrogen) atoms. The number of nitrogens with one attached hydrogen (secondary N) is 1. The van der Waals surface area contributed by atoms with Crippen LogP contribution in [0.15, 0.2) is 65.4 Å². The highest BCUT2D eigenvalue weighted by atomic mass is 19.1. The minimum atomic E-state index is -0.325. The summed E-state index contributed by atoms with van der Waals surface area (Å²) in [7, 11) is 0. The van der Waals surface area contributed by atoms with E-state index in [0.29, 0.717) is 35.8 Å². The monoisotopic (exact) mass is 405 g/mol. The highest BCUT2D eigenvalue weighted by Crippen LogP contribution is 2.19. The molecule has 0 atom stereocenters. The van der Waals surface area contributed by atoms with Crippen LogP contribution in [-0.4, -0.2) is 25.8 Å². The van der Waals surface area contributed by atoms with Gasteiger partial charge in [0.05, 0.1) is 11.9 Å². The maximum Gasteiger partial charge on any atom is 0.227 e. The van der Waals surface area contributed by atoms with Crippen LogP contribution in [0.4, 0.5) is 4.39 Å². The maximum atomic E-state index is 13.7. The van der Waals surface area contributed by atoms with Gasteiger partial charge in [-0.15, -0.1) is 0 Å². The van der Waals surface area contributed by atoms with Crippen molar-refractivity contribution in [3.8, 4) is 17.1 Å². The Morgan fingerprint density at radius 3 is 2.83 bits per heavy atom. The van der Waals surface area contributed by atoms with Gasteiger partial charge in [-0.25, -0.2) is 9.07 Å². The lowest BCUT2D eigenvalue weighted by Gasteiger charge is -2.02. The second-order valence-corrected chi connectivity index (χ2v) is 6.88. The second kappa shape index (κ2) is 8.69. The number of rotatable bonds is 7. The van der Waals surface area contributed by atoms with Gasteiger partial charge in [0, 0.05) is 36.7 Å². The van der Waals surface area contributed by atoms with E-state index in [0.717, 1.165) is 11.3 Å². The van der Waals surface area contributed by atoms with Gasteiger partial charge >= 0.3 is 0 Å². The van der Waals surface area contributed by atoms with Crippen LogP contribution in [0, 0.1) is 12.7 Å². The first-order valence-corrected chi connectivity index (χ1v) is 9.53. The summed E-state index contributed by atoms with van der Waals surface area (Å²) in [6.45, 7) is 2.06. The fourth-order valence-corrected chi connectivity index (χ4v) is 2.89. The number of nitrogens with zero attached hydrogens (tertiary/aromatic N) is 4. The number of carbonyl (C=O) groups excluding carboxylic acids is 1. The highest BCUT2D eigenvalue weighted by molar-refractivity contribution is 5.76. The molecule has 152 valence electrons. The summed E-state index contributed by atoms with van der Waals surface area (Å²) in [6.07, 6.45) is 4.10. The first-order valence-electron chi connectivity index (χ1n) is 9.53. The van der Waals surface area contributed by atoms with Crippen LogP contribution in [-0.2, 0) is 17.8 Å². The van der Waals surface area contributed by atoms with E-state index in [1.807, 2.05) is 36.5 Å². The van der Waals surface area contributed by atoms with Crippen LogP contribution in [0.1, 0.15) is 23.4 Å². The van der Waals surface area contributed by atoms with Crippen molar-refractivity contribution in [2.45, 2.75) is 26.3 Å². The lowest BCUT2D eigenvalue weighted by Crippen LogP contribution is -2.22. The smallest absolute Gasteiger partial charge is 0.227 e. The SMILES string of the molecule is Cc1ccc(-c2noc(CCC(=O)NCc3cnn(-c4ccccc4)c3)n2)cc1F. The number of halogens is 1. The molecule has 2 heterocycles. The van der Waals surface area contributed by atoms with Crippen molar-refractivity contribution in [2.75, 3.05) is 0 Å².